The Kier molecular flexibility index (Phi) is 4.42. The van der Waals surface area contributed by atoms with Crippen molar-refractivity contribution in [3.05, 3.63) is 35.4 Å². The average Bonchev–Trinajstić information content (AvgIpc) is 2.41. The first-order chi connectivity index (χ1) is 10.1. The van der Waals surface area contributed by atoms with E-state index in [1.807, 2.05) is 0 Å². The maximum Gasteiger partial charge on any atom is 0.418 e. The summed E-state index contributed by atoms with van der Waals surface area (Å²) in [7, 11) is 0. The van der Waals surface area contributed by atoms with Crippen molar-refractivity contribution in [2.45, 2.75) is 31.0 Å². The second kappa shape index (κ2) is 5.83. The molecule has 1 aromatic carbocycles. The summed E-state index contributed by atoms with van der Waals surface area (Å²) < 4.78 is 64.9. The van der Waals surface area contributed by atoms with Crippen LogP contribution in [0.5, 0.6) is 0 Å². The Balaban J connectivity index is 2.11. The number of piperidine rings is 1. The molecule has 0 unspecified atom stereocenters. The van der Waals surface area contributed by atoms with Gasteiger partial charge >= 0.3 is 6.18 Å². The van der Waals surface area contributed by atoms with Crippen molar-refractivity contribution in [3.63, 3.8) is 0 Å². The molecule has 0 radical (unpaired) electrons. The lowest BCUT2D eigenvalue weighted by molar-refractivity contribution is -0.272. The minimum atomic E-state index is -4.85. The number of benzene rings is 1. The monoisotopic (exact) mass is 323 g/mol. The highest BCUT2D eigenvalue weighted by molar-refractivity contribution is 5.79. The van der Waals surface area contributed by atoms with E-state index in [1.165, 1.54) is 0 Å². The average molecular weight is 323 g/mol. The van der Waals surface area contributed by atoms with Crippen LogP contribution in [0.1, 0.15) is 18.4 Å². The predicted octanol–water partition coefficient (Wildman–Crippen LogP) is 2.42. The highest BCUT2D eigenvalue weighted by Gasteiger charge is 2.55. The minimum Gasteiger partial charge on any atom is -0.379 e. The number of amides is 1. The molecular weight excluding hydrogens is 309 g/mol. The summed E-state index contributed by atoms with van der Waals surface area (Å²) in [5, 5.41) is 9.64. The smallest absolute Gasteiger partial charge is 0.379 e. The predicted molar refractivity (Wildman–Crippen MR) is 66.9 cm³/mol. The molecule has 1 aromatic rings. The Hall–Kier alpha value is -1.70. The van der Waals surface area contributed by atoms with Crippen molar-refractivity contribution in [1.82, 2.24) is 4.90 Å². The van der Waals surface area contributed by atoms with E-state index >= 15 is 0 Å². The number of nitrogens with zero attached hydrogens (tertiary/aromatic N) is 1. The SMILES string of the molecule is O=C(Cc1cc(F)ccc1F)N1CCC[C@](O)(C(F)(F)F)C1. The summed E-state index contributed by atoms with van der Waals surface area (Å²) in [5.74, 6) is -2.33. The molecule has 1 heterocycles. The van der Waals surface area contributed by atoms with Gasteiger partial charge in [0.1, 0.15) is 11.6 Å². The van der Waals surface area contributed by atoms with Gasteiger partial charge in [-0.25, -0.2) is 8.78 Å². The first kappa shape index (κ1) is 16.7. The quantitative estimate of drug-likeness (QED) is 0.849. The molecule has 0 bridgehead atoms. The van der Waals surface area contributed by atoms with Gasteiger partial charge in [0.25, 0.3) is 0 Å². The molecule has 1 amide bonds. The van der Waals surface area contributed by atoms with E-state index in [9.17, 15) is 31.9 Å². The van der Waals surface area contributed by atoms with Gasteiger partial charge in [0.15, 0.2) is 5.60 Å². The zero-order chi connectivity index (χ0) is 16.5. The Morgan fingerprint density at radius 3 is 2.64 bits per heavy atom. The summed E-state index contributed by atoms with van der Waals surface area (Å²) in [5.41, 5.74) is -3.19. The third kappa shape index (κ3) is 3.37. The van der Waals surface area contributed by atoms with E-state index < -0.39 is 48.7 Å². The fraction of sp³-hybridized carbons (Fsp3) is 0.500. The van der Waals surface area contributed by atoms with Crippen molar-refractivity contribution in [3.8, 4) is 0 Å². The van der Waals surface area contributed by atoms with E-state index in [2.05, 4.69) is 0 Å². The number of likely N-dealkylation sites (tertiary alicyclic amines) is 1. The summed E-state index contributed by atoms with van der Waals surface area (Å²) in [6, 6.07) is 2.56. The van der Waals surface area contributed by atoms with E-state index in [4.69, 9.17) is 0 Å². The van der Waals surface area contributed by atoms with E-state index in [1.54, 1.807) is 0 Å². The van der Waals surface area contributed by atoms with Crippen molar-refractivity contribution in [2.24, 2.45) is 0 Å². The molecule has 1 fully saturated rings. The first-order valence-electron chi connectivity index (χ1n) is 6.63. The zero-order valence-corrected chi connectivity index (χ0v) is 11.5. The number of carbonyl (C=O) groups is 1. The lowest BCUT2D eigenvalue weighted by Crippen LogP contribution is -2.58. The van der Waals surface area contributed by atoms with Gasteiger partial charge in [-0.2, -0.15) is 13.2 Å². The van der Waals surface area contributed by atoms with E-state index in [-0.39, 0.29) is 18.5 Å². The molecule has 1 aliphatic heterocycles. The van der Waals surface area contributed by atoms with E-state index in [0.29, 0.717) is 0 Å². The number of alkyl halides is 3. The molecule has 1 aliphatic rings. The lowest BCUT2D eigenvalue weighted by Gasteiger charge is -2.40. The molecular formula is C14H14F5NO2. The van der Waals surface area contributed by atoms with Gasteiger partial charge in [-0.3, -0.25) is 4.79 Å². The normalized spacial score (nSPS) is 22.7. The van der Waals surface area contributed by atoms with Crippen molar-refractivity contribution in [1.29, 1.82) is 0 Å². The maximum absolute atomic E-state index is 13.5. The molecule has 8 heteroatoms. The van der Waals surface area contributed by atoms with Crippen LogP contribution in [0.4, 0.5) is 22.0 Å². The molecule has 1 saturated heterocycles. The molecule has 1 N–H and O–H groups in total. The molecule has 1 atom stereocenters. The molecule has 122 valence electrons. The van der Waals surface area contributed by atoms with Crippen LogP contribution >= 0.6 is 0 Å². The second-order valence-corrected chi connectivity index (χ2v) is 5.36. The molecule has 0 saturated carbocycles. The third-order valence-corrected chi connectivity index (χ3v) is 3.70. The van der Waals surface area contributed by atoms with Gasteiger partial charge in [0, 0.05) is 12.1 Å². The number of hydrogen-bond acceptors (Lipinski definition) is 2. The fourth-order valence-corrected chi connectivity index (χ4v) is 2.43. The van der Waals surface area contributed by atoms with Gasteiger partial charge < -0.3 is 10.0 Å². The van der Waals surface area contributed by atoms with Crippen LogP contribution in [0.15, 0.2) is 18.2 Å². The Morgan fingerprint density at radius 1 is 1.32 bits per heavy atom. The van der Waals surface area contributed by atoms with Crippen LogP contribution in [0, 0.1) is 11.6 Å². The van der Waals surface area contributed by atoms with Crippen LogP contribution < -0.4 is 0 Å². The van der Waals surface area contributed by atoms with Gasteiger partial charge in [-0.1, -0.05) is 0 Å². The first-order valence-corrected chi connectivity index (χ1v) is 6.63. The van der Waals surface area contributed by atoms with Crippen molar-refractivity contribution >= 4 is 5.91 Å². The van der Waals surface area contributed by atoms with Crippen LogP contribution in [0.25, 0.3) is 0 Å². The molecule has 22 heavy (non-hydrogen) atoms. The fourth-order valence-electron chi connectivity index (χ4n) is 2.43. The maximum atomic E-state index is 13.5. The number of β-amino-alcohol motifs (C(OH)–C–C–N with tert-alkyl or cyclic N) is 1. The van der Waals surface area contributed by atoms with Gasteiger partial charge in [0.05, 0.1) is 13.0 Å². The Bertz CT molecular complexity index is 575. The number of hydrogen-bond donors (Lipinski definition) is 1. The molecule has 3 nitrogen and oxygen atoms in total. The van der Waals surface area contributed by atoms with Crippen LogP contribution in [-0.4, -0.2) is 40.8 Å². The zero-order valence-electron chi connectivity index (χ0n) is 11.5. The van der Waals surface area contributed by atoms with Gasteiger partial charge in [-0.05, 0) is 31.0 Å². The highest BCUT2D eigenvalue weighted by Crippen LogP contribution is 2.37. The number of carbonyl (C=O) groups excluding carboxylic acids is 1. The second-order valence-electron chi connectivity index (χ2n) is 5.36. The number of aliphatic hydroxyl groups is 1. The summed E-state index contributed by atoms with van der Waals surface area (Å²) in [6.45, 7) is -0.861. The van der Waals surface area contributed by atoms with Gasteiger partial charge in [-0.15, -0.1) is 0 Å². The highest BCUT2D eigenvalue weighted by atomic mass is 19.4. The molecule has 2 rings (SSSR count). The lowest BCUT2D eigenvalue weighted by atomic mass is 9.92. The molecule has 0 aromatic heterocycles. The standard InChI is InChI=1S/C14H14F5NO2/c15-10-2-3-11(16)9(6-10)7-12(21)20-5-1-4-13(22,8-20)14(17,18)19/h2-3,6,22H,1,4-5,7-8H2/t13-/m1/s1. The van der Waals surface area contributed by atoms with E-state index in [0.717, 1.165) is 23.1 Å². The third-order valence-electron chi connectivity index (χ3n) is 3.70. The Morgan fingerprint density at radius 2 is 2.00 bits per heavy atom. The number of rotatable bonds is 2. The van der Waals surface area contributed by atoms with Crippen molar-refractivity contribution in [2.75, 3.05) is 13.1 Å². The Labute approximate surface area is 123 Å². The number of halogens is 5. The summed E-state index contributed by atoms with van der Waals surface area (Å²) in [4.78, 5) is 12.8. The topological polar surface area (TPSA) is 40.5 Å². The largest absolute Gasteiger partial charge is 0.418 e. The van der Waals surface area contributed by atoms with Crippen molar-refractivity contribution < 1.29 is 31.9 Å². The summed E-state index contributed by atoms with van der Waals surface area (Å²) >= 11 is 0. The van der Waals surface area contributed by atoms with Crippen LogP contribution in [-0.2, 0) is 11.2 Å². The summed E-state index contributed by atoms with van der Waals surface area (Å²) in [6.07, 6.45) is -5.92. The molecule has 0 aliphatic carbocycles. The van der Waals surface area contributed by atoms with Crippen LogP contribution in [0.2, 0.25) is 0 Å². The van der Waals surface area contributed by atoms with Gasteiger partial charge in [0.2, 0.25) is 5.91 Å². The minimum absolute atomic E-state index is 0.0205. The molecule has 0 spiro atoms. The van der Waals surface area contributed by atoms with Crippen LogP contribution in [0.3, 0.4) is 0 Å².